The minimum Gasteiger partial charge on any atom is -0.298 e. The standard InChI is InChI=1S/C15H22OS/c1-3-5-7-13(4-2)12-17-15-9-6-8-14(10-15)11-16/h6,8-11,13H,3-5,7,12H2,1-2H3. The van der Waals surface area contributed by atoms with Gasteiger partial charge in [-0.15, -0.1) is 11.8 Å². The fourth-order valence-electron chi connectivity index (χ4n) is 1.79. The summed E-state index contributed by atoms with van der Waals surface area (Å²) in [5.41, 5.74) is 0.775. The normalized spacial score (nSPS) is 12.4. The highest BCUT2D eigenvalue weighted by Crippen LogP contribution is 2.25. The van der Waals surface area contributed by atoms with Crippen LogP contribution in [0.2, 0.25) is 0 Å². The van der Waals surface area contributed by atoms with Crippen LogP contribution in [0.3, 0.4) is 0 Å². The lowest BCUT2D eigenvalue weighted by Gasteiger charge is -2.13. The van der Waals surface area contributed by atoms with Gasteiger partial charge in [0.2, 0.25) is 0 Å². The molecule has 0 aliphatic rings. The maximum absolute atomic E-state index is 10.7. The molecule has 0 bridgehead atoms. The van der Waals surface area contributed by atoms with E-state index in [4.69, 9.17) is 0 Å². The van der Waals surface area contributed by atoms with Crippen LogP contribution < -0.4 is 0 Å². The first-order valence-corrected chi connectivity index (χ1v) is 7.46. The summed E-state index contributed by atoms with van der Waals surface area (Å²) in [6.07, 6.45) is 6.10. The highest BCUT2D eigenvalue weighted by atomic mass is 32.2. The summed E-state index contributed by atoms with van der Waals surface area (Å²) < 4.78 is 0. The molecular weight excluding hydrogens is 228 g/mol. The predicted molar refractivity (Wildman–Crippen MR) is 75.9 cm³/mol. The highest BCUT2D eigenvalue weighted by molar-refractivity contribution is 7.99. The van der Waals surface area contributed by atoms with Crippen LogP contribution in [0.15, 0.2) is 29.2 Å². The number of aldehydes is 1. The molecule has 0 spiro atoms. The Morgan fingerprint density at radius 3 is 2.82 bits per heavy atom. The molecule has 0 aromatic heterocycles. The molecule has 94 valence electrons. The van der Waals surface area contributed by atoms with Gasteiger partial charge in [0.15, 0.2) is 0 Å². The minimum absolute atomic E-state index is 0.775. The third-order valence-corrected chi connectivity index (χ3v) is 4.25. The van der Waals surface area contributed by atoms with Crippen molar-refractivity contribution in [3.63, 3.8) is 0 Å². The van der Waals surface area contributed by atoms with Crippen LogP contribution in [0.1, 0.15) is 49.9 Å². The Bertz CT molecular complexity index is 335. The van der Waals surface area contributed by atoms with Gasteiger partial charge in [-0.3, -0.25) is 4.79 Å². The Labute approximate surface area is 109 Å². The van der Waals surface area contributed by atoms with E-state index >= 15 is 0 Å². The molecule has 1 atom stereocenters. The number of benzene rings is 1. The van der Waals surface area contributed by atoms with Gasteiger partial charge in [-0.2, -0.15) is 0 Å². The van der Waals surface area contributed by atoms with E-state index in [1.165, 1.54) is 36.3 Å². The first-order valence-electron chi connectivity index (χ1n) is 6.48. The zero-order valence-electron chi connectivity index (χ0n) is 10.8. The minimum atomic E-state index is 0.775. The Morgan fingerprint density at radius 2 is 2.18 bits per heavy atom. The van der Waals surface area contributed by atoms with Crippen LogP contribution in [0, 0.1) is 5.92 Å². The van der Waals surface area contributed by atoms with Crippen molar-refractivity contribution in [2.24, 2.45) is 5.92 Å². The van der Waals surface area contributed by atoms with Crippen molar-refractivity contribution in [2.75, 3.05) is 5.75 Å². The van der Waals surface area contributed by atoms with Gasteiger partial charge in [-0.1, -0.05) is 45.2 Å². The first kappa shape index (κ1) is 14.3. The van der Waals surface area contributed by atoms with Gasteiger partial charge in [0, 0.05) is 16.2 Å². The van der Waals surface area contributed by atoms with Crippen LogP contribution in [-0.2, 0) is 0 Å². The Morgan fingerprint density at radius 1 is 1.35 bits per heavy atom. The Hall–Kier alpha value is -0.760. The Kier molecular flexibility index (Phi) is 7.02. The summed E-state index contributed by atoms with van der Waals surface area (Å²) in [6.45, 7) is 4.51. The van der Waals surface area contributed by atoms with E-state index in [1.54, 1.807) is 0 Å². The molecule has 1 nitrogen and oxygen atoms in total. The smallest absolute Gasteiger partial charge is 0.150 e. The molecule has 0 heterocycles. The fraction of sp³-hybridized carbons (Fsp3) is 0.533. The number of hydrogen-bond acceptors (Lipinski definition) is 2. The maximum atomic E-state index is 10.7. The summed E-state index contributed by atoms with van der Waals surface area (Å²) >= 11 is 1.87. The molecule has 17 heavy (non-hydrogen) atoms. The van der Waals surface area contributed by atoms with Gasteiger partial charge in [0.1, 0.15) is 6.29 Å². The second-order valence-electron chi connectivity index (χ2n) is 4.42. The molecule has 0 saturated carbocycles. The van der Waals surface area contributed by atoms with Crippen molar-refractivity contribution in [2.45, 2.75) is 44.4 Å². The molecule has 0 amide bonds. The maximum Gasteiger partial charge on any atom is 0.150 e. The van der Waals surface area contributed by atoms with E-state index < -0.39 is 0 Å². The number of rotatable bonds is 8. The third-order valence-electron chi connectivity index (χ3n) is 3.02. The van der Waals surface area contributed by atoms with Crippen LogP contribution in [0.5, 0.6) is 0 Å². The average molecular weight is 250 g/mol. The van der Waals surface area contributed by atoms with Crippen molar-refractivity contribution in [1.29, 1.82) is 0 Å². The first-order chi connectivity index (χ1) is 8.30. The number of carbonyl (C=O) groups is 1. The Balaban J connectivity index is 2.44. The lowest BCUT2D eigenvalue weighted by Crippen LogP contribution is -2.02. The summed E-state index contributed by atoms with van der Waals surface area (Å²) in [7, 11) is 0. The zero-order valence-corrected chi connectivity index (χ0v) is 11.6. The summed E-state index contributed by atoms with van der Waals surface area (Å²) in [6, 6.07) is 7.87. The van der Waals surface area contributed by atoms with E-state index in [9.17, 15) is 4.79 Å². The largest absolute Gasteiger partial charge is 0.298 e. The summed E-state index contributed by atoms with van der Waals surface area (Å²) in [5.74, 6) is 1.97. The molecule has 0 aliphatic carbocycles. The van der Waals surface area contributed by atoms with Crippen molar-refractivity contribution in [1.82, 2.24) is 0 Å². The lowest BCUT2D eigenvalue weighted by molar-refractivity contribution is 0.112. The van der Waals surface area contributed by atoms with Crippen LogP contribution in [-0.4, -0.2) is 12.0 Å². The molecule has 0 radical (unpaired) electrons. The molecule has 1 unspecified atom stereocenters. The van der Waals surface area contributed by atoms with Crippen molar-refractivity contribution >= 4 is 18.0 Å². The SMILES string of the molecule is CCCCC(CC)CSc1cccc(C=O)c1. The van der Waals surface area contributed by atoms with Crippen LogP contribution >= 0.6 is 11.8 Å². The summed E-state index contributed by atoms with van der Waals surface area (Å²) in [5, 5.41) is 0. The van der Waals surface area contributed by atoms with Gasteiger partial charge in [0.05, 0.1) is 0 Å². The van der Waals surface area contributed by atoms with E-state index in [0.29, 0.717) is 0 Å². The summed E-state index contributed by atoms with van der Waals surface area (Å²) in [4.78, 5) is 11.9. The fourth-order valence-corrected chi connectivity index (χ4v) is 3.01. The number of carbonyl (C=O) groups excluding carboxylic acids is 1. The van der Waals surface area contributed by atoms with E-state index in [0.717, 1.165) is 17.8 Å². The van der Waals surface area contributed by atoms with Gasteiger partial charge < -0.3 is 0 Å². The molecule has 0 aliphatic heterocycles. The number of thioether (sulfide) groups is 1. The molecule has 1 rings (SSSR count). The molecule has 2 heteroatoms. The van der Waals surface area contributed by atoms with Crippen LogP contribution in [0.25, 0.3) is 0 Å². The molecule has 0 fully saturated rings. The molecule has 0 N–H and O–H groups in total. The van der Waals surface area contributed by atoms with Gasteiger partial charge in [-0.05, 0) is 24.5 Å². The predicted octanol–water partition coefficient (Wildman–Crippen LogP) is 4.81. The van der Waals surface area contributed by atoms with Gasteiger partial charge in [-0.25, -0.2) is 0 Å². The highest BCUT2D eigenvalue weighted by Gasteiger charge is 2.06. The lowest BCUT2D eigenvalue weighted by atomic mass is 10.0. The van der Waals surface area contributed by atoms with Gasteiger partial charge >= 0.3 is 0 Å². The molecule has 1 aromatic carbocycles. The van der Waals surface area contributed by atoms with Crippen molar-refractivity contribution < 1.29 is 4.79 Å². The topological polar surface area (TPSA) is 17.1 Å². The van der Waals surface area contributed by atoms with Gasteiger partial charge in [0.25, 0.3) is 0 Å². The number of hydrogen-bond donors (Lipinski definition) is 0. The van der Waals surface area contributed by atoms with Crippen LogP contribution in [0.4, 0.5) is 0 Å². The average Bonchev–Trinajstić information content (AvgIpc) is 2.39. The van der Waals surface area contributed by atoms with Crippen molar-refractivity contribution in [3.05, 3.63) is 29.8 Å². The number of unbranched alkanes of at least 4 members (excludes halogenated alkanes) is 1. The van der Waals surface area contributed by atoms with E-state index in [1.807, 2.05) is 30.0 Å². The zero-order chi connectivity index (χ0) is 12.5. The van der Waals surface area contributed by atoms with E-state index in [2.05, 4.69) is 19.9 Å². The molecule has 0 saturated heterocycles. The molecular formula is C15H22OS. The van der Waals surface area contributed by atoms with Crippen molar-refractivity contribution in [3.8, 4) is 0 Å². The second-order valence-corrected chi connectivity index (χ2v) is 5.51. The quantitative estimate of drug-likeness (QED) is 0.486. The second kappa shape index (κ2) is 8.35. The third kappa shape index (κ3) is 5.40. The monoisotopic (exact) mass is 250 g/mol. The molecule has 1 aromatic rings. The van der Waals surface area contributed by atoms with E-state index in [-0.39, 0.29) is 0 Å².